The third kappa shape index (κ3) is 4.01. The normalized spacial score (nSPS) is 10.1. The molecule has 22 heavy (non-hydrogen) atoms. The molecule has 2 aromatic carbocycles. The number of para-hydroxylation sites is 3. The molecule has 4 heteroatoms. The van der Waals surface area contributed by atoms with Gasteiger partial charge in [-0.3, -0.25) is 4.79 Å². The summed E-state index contributed by atoms with van der Waals surface area (Å²) in [7, 11) is 0. The van der Waals surface area contributed by atoms with Gasteiger partial charge < -0.3 is 14.8 Å². The van der Waals surface area contributed by atoms with Crippen LogP contribution in [0.2, 0.25) is 0 Å². The molecule has 4 nitrogen and oxygen atoms in total. The molecule has 0 fully saturated rings. The van der Waals surface area contributed by atoms with Crippen LogP contribution in [0.4, 0.5) is 5.69 Å². The first-order valence-corrected chi connectivity index (χ1v) is 7.32. The molecule has 0 saturated carbocycles. The van der Waals surface area contributed by atoms with Crippen LogP contribution in [0.5, 0.6) is 11.5 Å². The average Bonchev–Trinajstić information content (AvgIpc) is 2.50. The highest BCUT2D eigenvalue weighted by Crippen LogP contribution is 2.26. The van der Waals surface area contributed by atoms with Crippen LogP contribution in [0.1, 0.15) is 18.1 Å². The molecule has 0 aliphatic rings. The highest BCUT2D eigenvalue weighted by atomic mass is 16.5. The standard InChI is InChI=1S/C18H21NO3/c1-4-21-15-10-5-6-11-16(15)22-12-17(20)19-18-13(2)8-7-9-14(18)3/h5-11H,4,12H2,1-3H3,(H,19,20). The lowest BCUT2D eigenvalue weighted by Gasteiger charge is -2.13. The van der Waals surface area contributed by atoms with Crippen molar-refractivity contribution in [1.29, 1.82) is 0 Å². The van der Waals surface area contributed by atoms with Crippen LogP contribution in [0.3, 0.4) is 0 Å². The van der Waals surface area contributed by atoms with Gasteiger partial charge in [-0.05, 0) is 44.0 Å². The Hall–Kier alpha value is -2.49. The maximum Gasteiger partial charge on any atom is 0.262 e. The SMILES string of the molecule is CCOc1ccccc1OCC(=O)Nc1c(C)cccc1C. The van der Waals surface area contributed by atoms with E-state index < -0.39 is 0 Å². The minimum Gasteiger partial charge on any atom is -0.490 e. The highest BCUT2D eigenvalue weighted by molar-refractivity contribution is 5.93. The van der Waals surface area contributed by atoms with Gasteiger partial charge in [0.15, 0.2) is 18.1 Å². The molecule has 2 aromatic rings. The summed E-state index contributed by atoms with van der Waals surface area (Å²) < 4.78 is 11.0. The zero-order valence-corrected chi connectivity index (χ0v) is 13.2. The third-order valence-electron chi connectivity index (χ3n) is 3.25. The summed E-state index contributed by atoms with van der Waals surface area (Å²) in [5, 5.41) is 2.90. The molecule has 0 aliphatic heterocycles. The summed E-state index contributed by atoms with van der Waals surface area (Å²) in [6, 6.07) is 13.2. The van der Waals surface area contributed by atoms with Crippen molar-refractivity contribution in [2.45, 2.75) is 20.8 Å². The van der Waals surface area contributed by atoms with E-state index in [0.29, 0.717) is 18.1 Å². The largest absolute Gasteiger partial charge is 0.490 e. The number of rotatable bonds is 6. The smallest absolute Gasteiger partial charge is 0.262 e. The Kier molecular flexibility index (Phi) is 5.42. The molecule has 0 bridgehead atoms. The first-order valence-electron chi connectivity index (χ1n) is 7.32. The number of hydrogen-bond donors (Lipinski definition) is 1. The number of amides is 1. The molecule has 0 radical (unpaired) electrons. The maximum absolute atomic E-state index is 12.1. The van der Waals surface area contributed by atoms with E-state index in [1.165, 1.54) is 0 Å². The van der Waals surface area contributed by atoms with Crippen molar-refractivity contribution in [1.82, 2.24) is 0 Å². The van der Waals surface area contributed by atoms with Gasteiger partial charge in [-0.1, -0.05) is 30.3 Å². The molecule has 2 rings (SSSR count). The Morgan fingerprint density at radius 2 is 1.55 bits per heavy atom. The predicted molar refractivity (Wildman–Crippen MR) is 87.7 cm³/mol. The van der Waals surface area contributed by atoms with E-state index in [2.05, 4.69) is 5.32 Å². The molecule has 0 heterocycles. The lowest BCUT2D eigenvalue weighted by atomic mass is 10.1. The van der Waals surface area contributed by atoms with Crippen molar-refractivity contribution in [2.75, 3.05) is 18.5 Å². The molecule has 116 valence electrons. The lowest BCUT2D eigenvalue weighted by Crippen LogP contribution is -2.21. The third-order valence-corrected chi connectivity index (χ3v) is 3.25. The molecule has 0 saturated heterocycles. The van der Waals surface area contributed by atoms with E-state index in [1.54, 1.807) is 6.07 Å². The number of hydrogen-bond acceptors (Lipinski definition) is 3. The van der Waals surface area contributed by atoms with E-state index >= 15 is 0 Å². The molecule has 0 atom stereocenters. The second-order valence-electron chi connectivity index (χ2n) is 4.98. The van der Waals surface area contributed by atoms with E-state index in [1.807, 2.05) is 57.2 Å². The molecule has 0 aromatic heterocycles. The van der Waals surface area contributed by atoms with Gasteiger partial charge in [0.2, 0.25) is 0 Å². The van der Waals surface area contributed by atoms with Gasteiger partial charge >= 0.3 is 0 Å². The van der Waals surface area contributed by atoms with E-state index in [-0.39, 0.29) is 12.5 Å². The number of carbonyl (C=O) groups excluding carboxylic acids is 1. The Labute approximate surface area is 131 Å². The van der Waals surface area contributed by atoms with Crippen molar-refractivity contribution in [3.8, 4) is 11.5 Å². The Bertz CT molecular complexity index is 632. The number of aryl methyl sites for hydroxylation is 2. The number of benzene rings is 2. The second kappa shape index (κ2) is 7.50. The second-order valence-corrected chi connectivity index (χ2v) is 4.98. The fourth-order valence-electron chi connectivity index (χ4n) is 2.17. The van der Waals surface area contributed by atoms with E-state index in [0.717, 1.165) is 16.8 Å². The van der Waals surface area contributed by atoms with Crippen molar-refractivity contribution in [3.05, 3.63) is 53.6 Å². The zero-order valence-electron chi connectivity index (χ0n) is 13.2. The van der Waals surface area contributed by atoms with Crippen LogP contribution in [0, 0.1) is 13.8 Å². The highest BCUT2D eigenvalue weighted by Gasteiger charge is 2.10. The van der Waals surface area contributed by atoms with Gasteiger partial charge in [-0.2, -0.15) is 0 Å². The van der Waals surface area contributed by atoms with Gasteiger partial charge in [0.25, 0.3) is 5.91 Å². The summed E-state index contributed by atoms with van der Waals surface area (Å²) in [6.07, 6.45) is 0. The summed E-state index contributed by atoms with van der Waals surface area (Å²) in [4.78, 5) is 12.1. The van der Waals surface area contributed by atoms with Crippen LogP contribution in [0.15, 0.2) is 42.5 Å². The van der Waals surface area contributed by atoms with Crippen LogP contribution in [-0.2, 0) is 4.79 Å². The number of carbonyl (C=O) groups is 1. The minimum atomic E-state index is -0.191. The molecule has 0 aliphatic carbocycles. The average molecular weight is 299 g/mol. The van der Waals surface area contributed by atoms with Crippen molar-refractivity contribution >= 4 is 11.6 Å². The van der Waals surface area contributed by atoms with Crippen LogP contribution >= 0.6 is 0 Å². The Morgan fingerprint density at radius 1 is 0.955 bits per heavy atom. The maximum atomic E-state index is 12.1. The summed E-state index contributed by atoms with van der Waals surface area (Å²) in [5.41, 5.74) is 2.90. The Morgan fingerprint density at radius 3 is 2.14 bits per heavy atom. The van der Waals surface area contributed by atoms with Crippen molar-refractivity contribution in [3.63, 3.8) is 0 Å². The fourth-order valence-corrected chi connectivity index (χ4v) is 2.17. The number of nitrogens with one attached hydrogen (secondary N) is 1. The first kappa shape index (κ1) is 15.9. The zero-order chi connectivity index (χ0) is 15.9. The molecular formula is C18H21NO3. The molecule has 1 N–H and O–H groups in total. The fraction of sp³-hybridized carbons (Fsp3) is 0.278. The van der Waals surface area contributed by atoms with Crippen LogP contribution in [0.25, 0.3) is 0 Å². The van der Waals surface area contributed by atoms with Gasteiger partial charge in [0.1, 0.15) is 0 Å². The van der Waals surface area contributed by atoms with Gasteiger partial charge in [0.05, 0.1) is 6.61 Å². The quantitative estimate of drug-likeness (QED) is 0.884. The lowest BCUT2D eigenvalue weighted by molar-refractivity contribution is -0.118. The van der Waals surface area contributed by atoms with Crippen LogP contribution in [-0.4, -0.2) is 19.1 Å². The van der Waals surface area contributed by atoms with E-state index in [4.69, 9.17) is 9.47 Å². The summed E-state index contributed by atoms with van der Waals surface area (Å²) in [6.45, 7) is 6.33. The number of ether oxygens (including phenoxy) is 2. The van der Waals surface area contributed by atoms with Crippen molar-refractivity contribution in [2.24, 2.45) is 0 Å². The minimum absolute atomic E-state index is 0.0577. The van der Waals surface area contributed by atoms with Gasteiger partial charge in [0, 0.05) is 5.69 Å². The van der Waals surface area contributed by atoms with Crippen LogP contribution < -0.4 is 14.8 Å². The van der Waals surface area contributed by atoms with Gasteiger partial charge in [-0.15, -0.1) is 0 Å². The number of anilines is 1. The van der Waals surface area contributed by atoms with Crippen molar-refractivity contribution < 1.29 is 14.3 Å². The predicted octanol–water partition coefficient (Wildman–Crippen LogP) is 3.72. The van der Waals surface area contributed by atoms with Gasteiger partial charge in [-0.25, -0.2) is 0 Å². The molecule has 1 amide bonds. The molecular weight excluding hydrogens is 278 g/mol. The van der Waals surface area contributed by atoms with E-state index in [9.17, 15) is 4.79 Å². The molecule has 0 spiro atoms. The molecule has 0 unspecified atom stereocenters. The topological polar surface area (TPSA) is 47.6 Å². The first-order chi connectivity index (χ1) is 10.6. The summed E-state index contributed by atoms with van der Waals surface area (Å²) in [5.74, 6) is 1.02. The summed E-state index contributed by atoms with van der Waals surface area (Å²) >= 11 is 0. The monoisotopic (exact) mass is 299 g/mol. The Balaban J connectivity index is 1.99.